The second kappa shape index (κ2) is 33.2. The average Bonchev–Trinajstić information content (AvgIpc) is 3.93. The molecule has 222 valence electrons. The molecule has 0 saturated carbocycles. The van der Waals surface area contributed by atoms with Crippen molar-refractivity contribution in [1.82, 2.24) is 0 Å². The molecular weight excluding hydrogens is 484 g/mol. The highest BCUT2D eigenvalue weighted by molar-refractivity contribution is 5.21. The monoisotopic (exact) mass is 542 g/mol. The summed E-state index contributed by atoms with van der Waals surface area (Å²) in [7, 11) is 0. The van der Waals surface area contributed by atoms with E-state index in [2.05, 4.69) is 27.7 Å². The predicted molar refractivity (Wildman–Crippen MR) is 171 cm³/mol. The van der Waals surface area contributed by atoms with Crippen molar-refractivity contribution >= 4 is 0 Å². The van der Waals surface area contributed by atoms with Crippen molar-refractivity contribution in [2.75, 3.05) is 26.4 Å². The van der Waals surface area contributed by atoms with Crippen molar-refractivity contribution < 1.29 is 18.9 Å². The molecule has 2 fully saturated rings. The molecular formula is C35H58O4. The number of rotatable bonds is 6. The van der Waals surface area contributed by atoms with Crippen LogP contribution in [0.25, 0.3) is 0 Å². The van der Waals surface area contributed by atoms with Crippen LogP contribution >= 0.6 is 0 Å². The maximum Gasteiger partial charge on any atom is 0.119 e. The molecule has 39 heavy (non-hydrogen) atoms. The van der Waals surface area contributed by atoms with Gasteiger partial charge in [0.1, 0.15) is 36.9 Å². The summed E-state index contributed by atoms with van der Waals surface area (Å²) in [5.74, 6) is 1.84. The van der Waals surface area contributed by atoms with Crippen LogP contribution < -0.4 is 9.47 Å². The van der Waals surface area contributed by atoms with Crippen LogP contribution in [0.4, 0.5) is 0 Å². The molecule has 3 aromatic carbocycles. The molecule has 2 aliphatic heterocycles. The number of benzene rings is 3. The molecule has 0 aromatic heterocycles. The lowest BCUT2D eigenvalue weighted by Gasteiger charge is -2.01. The molecule has 2 saturated heterocycles. The van der Waals surface area contributed by atoms with E-state index in [1.54, 1.807) is 0 Å². The SMILES string of the molecule is C.CC.CC.CCC.CCC.c1ccc(OCC2CO2)cc1.c1ccc(OCC2CO2)cc1.c1ccccc1. The van der Waals surface area contributed by atoms with Crippen LogP contribution in [-0.4, -0.2) is 38.6 Å². The number of hydrogen-bond donors (Lipinski definition) is 0. The Kier molecular flexibility index (Phi) is 34.6. The lowest BCUT2D eigenvalue weighted by atomic mass is 10.3. The molecule has 2 heterocycles. The largest absolute Gasteiger partial charge is 0.491 e. The lowest BCUT2D eigenvalue weighted by molar-refractivity contribution is 0.263. The van der Waals surface area contributed by atoms with Gasteiger partial charge in [0.05, 0.1) is 13.2 Å². The quantitative estimate of drug-likeness (QED) is 0.291. The van der Waals surface area contributed by atoms with E-state index in [1.165, 1.54) is 12.8 Å². The highest BCUT2D eigenvalue weighted by Crippen LogP contribution is 2.14. The van der Waals surface area contributed by atoms with Crippen molar-refractivity contribution in [3.05, 3.63) is 97.1 Å². The zero-order valence-electron chi connectivity index (χ0n) is 25.3. The van der Waals surface area contributed by atoms with Crippen LogP contribution in [0.15, 0.2) is 97.1 Å². The number of para-hydroxylation sites is 2. The van der Waals surface area contributed by atoms with Crippen molar-refractivity contribution in [1.29, 1.82) is 0 Å². The predicted octanol–water partition coefficient (Wildman–Crippen LogP) is 10.1. The van der Waals surface area contributed by atoms with Crippen LogP contribution in [0.2, 0.25) is 0 Å². The maximum atomic E-state index is 5.40. The lowest BCUT2D eigenvalue weighted by Crippen LogP contribution is -2.03. The molecule has 5 rings (SSSR count). The van der Waals surface area contributed by atoms with E-state index in [1.807, 2.05) is 125 Å². The smallest absolute Gasteiger partial charge is 0.119 e. The van der Waals surface area contributed by atoms with Gasteiger partial charge >= 0.3 is 0 Å². The highest BCUT2D eigenvalue weighted by Gasteiger charge is 2.23. The Morgan fingerprint density at radius 3 is 0.923 bits per heavy atom. The minimum atomic E-state index is 0. The van der Waals surface area contributed by atoms with Gasteiger partial charge in [0, 0.05) is 0 Å². The molecule has 2 atom stereocenters. The van der Waals surface area contributed by atoms with Crippen LogP contribution in [0.3, 0.4) is 0 Å². The first-order chi connectivity index (χ1) is 18.7. The molecule has 0 amide bonds. The molecule has 0 bridgehead atoms. The third-order valence-electron chi connectivity index (χ3n) is 3.83. The van der Waals surface area contributed by atoms with E-state index >= 15 is 0 Å². The summed E-state index contributed by atoms with van der Waals surface area (Å²) < 4.78 is 20.8. The maximum absolute atomic E-state index is 5.40. The Balaban J connectivity index is -0.000000433. The van der Waals surface area contributed by atoms with E-state index in [0.29, 0.717) is 25.4 Å². The fourth-order valence-corrected chi connectivity index (χ4v) is 2.13. The van der Waals surface area contributed by atoms with E-state index in [4.69, 9.17) is 18.9 Å². The van der Waals surface area contributed by atoms with Crippen molar-refractivity contribution in [3.8, 4) is 11.5 Å². The molecule has 0 radical (unpaired) electrons. The fourth-order valence-electron chi connectivity index (χ4n) is 2.13. The summed E-state index contributed by atoms with van der Waals surface area (Å²) in [5, 5.41) is 0. The summed E-state index contributed by atoms with van der Waals surface area (Å²) in [5.41, 5.74) is 0. The fraction of sp³-hybridized carbons (Fsp3) is 0.486. The normalized spacial score (nSPS) is 14.5. The standard InChI is InChI=1S/2C9H10O2.C6H6.2C3H8.2C2H6.CH4/c2*1-2-4-8(5-3-1)10-6-9-7-11-9;1-2-4-6-5-3-1;2*1-3-2;2*1-2;/h2*1-5,9H,6-7H2;1-6H;2*3H2,1-2H3;2*1-2H3;1H4. The summed E-state index contributed by atoms with van der Waals surface area (Å²) in [6.45, 7) is 19.6. The Morgan fingerprint density at radius 1 is 0.513 bits per heavy atom. The third kappa shape index (κ3) is 31.3. The summed E-state index contributed by atoms with van der Waals surface area (Å²) in [4.78, 5) is 0. The van der Waals surface area contributed by atoms with Crippen LogP contribution in [0.1, 0.15) is 75.7 Å². The summed E-state index contributed by atoms with van der Waals surface area (Å²) >= 11 is 0. The number of ether oxygens (including phenoxy) is 4. The van der Waals surface area contributed by atoms with Gasteiger partial charge in [-0.15, -0.1) is 0 Å². The van der Waals surface area contributed by atoms with Gasteiger partial charge in [-0.2, -0.15) is 0 Å². The van der Waals surface area contributed by atoms with Gasteiger partial charge in [0.15, 0.2) is 0 Å². The number of hydrogen-bond acceptors (Lipinski definition) is 4. The third-order valence-corrected chi connectivity index (χ3v) is 3.83. The Morgan fingerprint density at radius 2 is 0.718 bits per heavy atom. The first-order valence-electron chi connectivity index (χ1n) is 14.3. The zero-order valence-corrected chi connectivity index (χ0v) is 25.3. The molecule has 3 aromatic rings. The van der Waals surface area contributed by atoms with Gasteiger partial charge in [0.2, 0.25) is 0 Å². The molecule has 4 heteroatoms. The first-order valence-corrected chi connectivity index (χ1v) is 14.3. The molecule has 2 unspecified atom stereocenters. The van der Waals surface area contributed by atoms with Crippen molar-refractivity contribution in [2.24, 2.45) is 0 Å². The summed E-state index contributed by atoms with van der Waals surface area (Å²) in [6.07, 6.45) is 3.19. The van der Waals surface area contributed by atoms with Gasteiger partial charge in [-0.3, -0.25) is 0 Å². The van der Waals surface area contributed by atoms with E-state index < -0.39 is 0 Å². The Labute approximate surface area is 241 Å². The minimum Gasteiger partial charge on any atom is -0.491 e. The van der Waals surface area contributed by atoms with Gasteiger partial charge in [0.25, 0.3) is 0 Å². The second-order valence-electron chi connectivity index (χ2n) is 7.73. The minimum absolute atomic E-state index is 0. The van der Waals surface area contributed by atoms with E-state index in [-0.39, 0.29) is 7.43 Å². The van der Waals surface area contributed by atoms with Crippen LogP contribution in [0.5, 0.6) is 11.5 Å². The molecule has 2 aliphatic rings. The van der Waals surface area contributed by atoms with Gasteiger partial charge in [-0.05, 0) is 24.3 Å². The molecule has 0 aliphatic carbocycles. The van der Waals surface area contributed by atoms with Gasteiger partial charge in [-0.25, -0.2) is 0 Å². The topological polar surface area (TPSA) is 43.5 Å². The Hall–Kier alpha value is -2.82. The van der Waals surface area contributed by atoms with Crippen LogP contribution in [-0.2, 0) is 9.47 Å². The number of epoxide rings is 2. The van der Waals surface area contributed by atoms with Crippen LogP contribution in [0, 0.1) is 0 Å². The highest BCUT2D eigenvalue weighted by atomic mass is 16.6. The second-order valence-corrected chi connectivity index (χ2v) is 7.73. The zero-order chi connectivity index (χ0) is 28.7. The van der Waals surface area contributed by atoms with Gasteiger partial charge in [-0.1, -0.05) is 148 Å². The summed E-state index contributed by atoms with van der Waals surface area (Å²) in [6, 6.07) is 31.6. The first kappa shape index (κ1) is 40.7. The van der Waals surface area contributed by atoms with Gasteiger partial charge < -0.3 is 18.9 Å². The molecule has 0 N–H and O–H groups in total. The van der Waals surface area contributed by atoms with Crippen molar-refractivity contribution in [3.63, 3.8) is 0 Å². The van der Waals surface area contributed by atoms with E-state index in [9.17, 15) is 0 Å². The average molecular weight is 543 g/mol. The molecule has 4 nitrogen and oxygen atoms in total. The van der Waals surface area contributed by atoms with Crippen molar-refractivity contribution in [2.45, 2.75) is 87.9 Å². The van der Waals surface area contributed by atoms with E-state index in [0.717, 1.165) is 24.7 Å². The Bertz CT molecular complexity index is 693. The molecule has 0 spiro atoms.